The molecule has 0 spiro atoms. The first kappa shape index (κ1) is 22.6. The summed E-state index contributed by atoms with van der Waals surface area (Å²) in [5, 5.41) is 53.3. The normalized spacial score (nSPS) is 14.4. The summed E-state index contributed by atoms with van der Waals surface area (Å²) < 4.78 is 32.4. The molecule has 1 atom stereocenters. The number of hydrogen-bond donors (Lipinski definition) is 7. The zero-order valence-corrected chi connectivity index (χ0v) is 13.5. The Bertz CT molecular complexity index is 400. The Morgan fingerprint density at radius 1 is 0.783 bits per heavy atom. The van der Waals surface area contributed by atoms with E-state index >= 15 is 0 Å². The molecule has 0 saturated carbocycles. The lowest BCUT2D eigenvalue weighted by atomic mass is 10.2. The van der Waals surface area contributed by atoms with E-state index in [1.54, 1.807) is 0 Å². The molecule has 0 fully saturated rings. The minimum atomic E-state index is -4.67. The Morgan fingerprint density at radius 3 is 1.57 bits per heavy atom. The molecule has 0 aromatic heterocycles. The molecule has 0 rings (SSSR count). The Kier molecular flexibility index (Phi) is 11.0. The van der Waals surface area contributed by atoms with E-state index < -0.39 is 67.5 Å². The fourth-order valence-electron chi connectivity index (χ4n) is 2.13. The standard InChI is InChI=1S/C11H26N2O9S/c14-3-9(4-15)12(7-18)2-1-11(23(20,21)22)13(8-19)10(5-16)6-17/h9-11,14-19H,1-8H2,(H,20,21,22). The fourth-order valence-corrected chi connectivity index (χ4v) is 3.11. The molecule has 7 N–H and O–H groups in total. The summed E-state index contributed by atoms with van der Waals surface area (Å²) in [6.45, 7) is -3.83. The van der Waals surface area contributed by atoms with Crippen LogP contribution in [0.4, 0.5) is 0 Å². The summed E-state index contributed by atoms with van der Waals surface area (Å²) in [6, 6.07) is -1.93. The molecule has 0 aromatic rings. The first-order valence-corrected chi connectivity index (χ1v) is 8.42. The van der Waals surface area contributed by atoms with Crippen LogP contribution in [-0.4, -0.2) is 117 Å². The Morgan fingerprint density at radius 2 is 1.26 bits per heavy atom. The summed E-state index contributed by atoms with van der Waals surface area (Å²) in [4.78, 5) is 1.98. The van der Waals surface area contributed by atoms with Gasteiger partial charge in [0.15, 0.2) is 0 Å². The van der Waals surface area contributed by atoms with Crippen molar-refractivity contribution in [1.29, 1.82) is 0 Å². The lowest BCUT2D eigenvalue weighted by Crippen LogP contribution is -2.52. The van der Waals surface area contributed by atoms with Gasteiger partial charge in [0.25, 0.3) is 10.1 Å². The molecule has 0 aliphatic rings. The van der Waals surface area contributed by atoms with E-state index in [1.807, 2.05) is 0 Å². The van der Waals surface area contributed by atoms with Crippen molar-refractivity contribution in [2.24, 2.45) is 0 Å². The predicted molar refractivity (Wildman–Crippen MR) is 78.6 cm³/mol. The van der Waals surface area contributed by atoms with Crippen molar-refractivity contribution in [2.45, 2.75) is 23.9 Å². The molecule has 0 bridgehead atoms. The highest BCUT2D eigenvalue weighted by Gasteiger charge is 2.34. The van der Waals surface area contributed by atoms with Crippen LogP contribution in [0, 0.1) is 0 Å². The maximum absolute atomic E-state index is 11.5. The lowest BCUT2D eigenvalue weighted by molar-refractivity contribution is -0.0139. The highest BCUT2D eigenvalue weighted by atomic mass is 32.2. The third-order valence-electron chi connectivity index (χ3n) is 3.55. The molecule has 0 radical (unpaired) electrons. The van der Waals surface area contributed by atoms with E-state index in [0.29, 0.717) is 0 Å². The van der Waals surface area contributed by atoms with Gasteiger partial charge in [0.05, 0.1) is 52.0 Å². The molecule has 0 heterocycles. The van der Waals surface area contributed by atoms with Gasteiger partial charge < -0.3 is 30.6 Å². The number of nitrogens with zero attached hydrogens (tertiary/aromatic N) is 2. The van der Waals surface area contributed by atoms with Crippen LogP contribution in [0.5, 0.6) is 0 Å². The van der Waals surface area contributed by atoms with Crippen LogP contribution in [0.3, 0.4) is 0 Å². The van der Waals surface area contributed by atoms with Crippen LogP contribution in [-0.2, 0) is 10.1 Å². The predicted octanol–water partition coefficient (Wildman–Crippen LogP) is -4.20. The molecule has 0 aliphatic carbocycles. The molecule has 23 heavy (non-hydrogen) atoms. The molecule has 12 heteroatoms. The molecule has 1 unspecified atom stereocenters. The second-order valence-corrected chi connectivity index (χ2v) is 6.48. The minimum absolute atomic E-state index is 0.146. The Labute approximate surface area is 134 Å². The summed E-state index contributed by atoms with van der Waals surface area (Å²) in [7, 11) is -4.67. The van der Waals surface area contributed by atoms with E-state index in [2.05, 4.69) is 0 Å². The van der Waals surface area contributed by atoms with Crippen molar-refractivity contribution >= 4 is 10.1 Å². The minimum Gasteiger partial charge on any atom is -0.395 e. The van der Waals surface area contributed by atoms with Crippen LogP contribution < -0.4 is 0 Å². The van der Waals surface area contributed by atoms with Crippen molar-refractivity contribution in [2.75, 3.05) is 46.4 Å². The van der Waals surface area contributed by atoms with Gasteiger partial charge in [-0.15, -0.1) is 0 Å². The molecular formula is C11H26N2O9S. The van der Waals surface area contributed by atoms with Crippen molar-refractivity contribution in [3.05, 3.63) is 0 Å². The van der Waals surface area contributed by atoms with E-state index in [9.17, 15) is 23.2 Å². The molecule has 0 aromatic carbocycles. The van der Waals surface area contributed by atoms with E-state index in [1.165, 1.54) is 4.90 Å². The quantitative estimate of drug-likeness (QED) is 0.125. The smallest absolute Gasteiger partial charge is 0.281 e. The molecule has 140 valence electrons. The lowest BCUT2D eigenvalue weighted by Gasteiger charge is -2.34. The van der Waals surface area contributed by atoms with Gasteiger partial charge >= 0.3 is 0 Å². The maximum Gasteiger partial charge on any atom is 0.281 e. The van der Waals surface area contributed by atoms with Gasteiger partial charge in [-0.2, -0.15) is 8.42 Å². The second kappa shape index (κ2) is 11.2. The Balaban J connectivity index is 5.20. The van der Waals surface area contributed by atoms with Crippen LogP contribution in [0.1, 0.15) is 6.42 Å². The summed E-state index contributed by atoms with van der Waals surface area (Å²) >= 11 is 0. The molecule has 0 aliphatic heterocycles. The number of aliphatic hydroxyl groups excluding tert-OH is 6. The summed E-state index contributed by atoms with van der Waals surface area (Å²) in [6.07, 6.45) is -0.313. The van der Waals surface area contributed by atoms with Crippen LogP contribution in [0.15, 0.2) is 0 Å². The monoisotopic (exact) mass is 362 g/mol. The van der Waals surface area contributed by atoms with Crippen molar-refractivity contribution < 1.29 is 43.6 Å². The zero-order valence-electron chi connectivity index (χ0n) is 12.6. The van der Waals surface area contributed by atoms with Crippen molar-refractivity contribution in [3.8, 4) is 0 Å². The first-order chi connectivity index (χ1) is 10.8. The van der Waals surface area contributed by atoms with Crippen molar-refractivity contribution in [1.82, 2.24) is 9.80 Å². The van der Waals surface area contributed by atoms with Crippen LogP contribution >= 0.6 is 0 Å². The van der Waals surface area contributed by atoms with Gasteiger partial charge in [0.2, 0.25) is 0 Å². The van der Waals surface area contributed by atoms with E-state index in [4.69, 9.17) is 20.4 Å². The van der Waals surface area contributed by atoms with Crippen molar-refractivity contribution in [3.63, 3.8) is 0 Å². The number of aliphatic hydroxyl groups is 6. The molecule has 11 nitrogen and oxygen atoms in total. The van der Waals surface area contributed by atoms with E-state index in [0.717, 1.165) is 4.90 Å². The van der Waals surface area contributed by atoms with Crippen LogP contribution in [0.2, 0.25) is 0 Å². The van der Waals surface area contributed by atoms with Gasteiger partial charge in [-0.3, -0.25) is 14.4 Å². The molecular weight excluding hydrogens is 336 g/mol. The topological polar surface area (TPSA) is 182 Å². The Hall–Kier alpha value is -0.410. The van der Waals surface area contributed by atoms with Gasteiger partial charge in [-0.1, -0.05) is 0 Å². The number of hydrogen-bond acceptors (Lipinski definition) is 10. The second-order valence-electron chi connectivity index (χ2n) is 4.91. The highest BCUT2D eigenvalue weighted by Crippen LogP contribution is 2.15. The third kappa shape index (κ3) is 6.93. The highest BCUT2D eigenvalue weighted by molar-refractivity contribution is 7.86. The fraction of sp³-hybridized carbons (Fsp3) is 1.00. The van der Waals surface area contributed by atoms with Gasteiger partial charge in [-0.25, -0.2) is 0 Å². The largest absolute Gasteiger partial charge is 0.395 e. The summed E-state index contributed by atoms with van der Waals surface area (Å²) in [5.41, 5.74) is 0. The van der Waals surface area contributed by atoms with Crippen LogP contribution in [0.25, 0.3) is 0 Å². The van der Waals surface area contributed by atoms with Gasteiger partial charge in [-0.05, 0) is 6.42 Å². The van der Waals surface area contributed by atoms with Gasteiger partial charge in [0.1, 0.15) is 5.37 Å². The first-order valence-electron chi connectivity index (χ1n) is 6.91. The summed E-state index contributed by atoms with van der Waals surface area (Å²) in [5.74, 6) is 0. The average Bonchev–Trinajstić information content (AvgIpc) is 2.52. The molecule has 0 saturated heterocycles. The number of rotatable bonds is 13. The molecule has 0 amide bonds. The maximum atomic E-state index is 11.5. The average molecular weight is 362 g/mol. The zero-order chi connectivity index (χ0) is 18.0. The third-order valence-corrected chi connectivity index (χ3v) is 4.74. The van der Waals surface area contributed by atoms with Gasteiger partial charge in [0, 0.05) is 6.54 Å². The van der Waals surface area contributed by atoms with E-state index in [-0.39, 0.29) is 13.0 Å². The SMILES string of the molecule is O=S(=O)(O)C(CCN(CO)C(CO)CO)N(CO)C(CO)CO.